The zero-order valence-corrected chi connectivity index (χ0v) is 12.6. The second-order valence-corrected chi connectivity index (χ2v) is 5.55. The standard InChI is InChI=1S/C16H20N4O2/c1-2-8-19-10-13-14(17-11-19)20(16(22)18-15(13)21)9-12-6-4-3-5-7-12/h3-7,17H,2,8-11H2,1H3,(H,18,21,22). The van der Waals surface area contributed by atoms with Crippen LogP contribution in [0.4, 0.5) is 5.82 Å². The van der Waals surface area contributed by atoms with Gasteiger partial charge in [0.15, 0.2) is 0 Å². The fraction of sp³-hybridized carbons (Fsp3) is 0.375. The highest BCUT2D eigenvalue weighted by Gasteiger charge is 2.22. The average molecular weight is 300 g/mol. The van der Waals surface area contributed by atoms with E-state index >= 15 is 0 Å². The van der Waals surface area contributed by atoms with Crippen molar-refractivity contribution in [3.05, 3.63) is 62.3 Å². The van der Waals surface area contributed by atoms with Gasteiger partial charge in [0.2, 0.25) is 0 Å². The van der Waals surface area contributed by atoms with Crippen LogP contribution < -0.4 is 16.6 Å². The van der Waals surface area contributed by atoms with Crippen molar-refractivity contribution >= 4 is 5.82 Å². The van der Waals surface area contributed by atoms with Gasteiger partial charge in [0, 0.05) is 6.54 Å². The zero-order valence-electron chi connectivity index (χ0n) is 12.6. The molecule has 0 fully saturated rings. The Labute approximate surface area is 128 Å². The first-order chi connectivity index (χ1) is 10.7. The normalized spacial score (nSPS) is 14.4. The lowest BCUT2D eigenvalue weighted by atomic mass is 10.2. The number of benzene rings is 1. The van der Waals surface area contributed by atoms with Gasteiger partial charge in [0.1, 0.15) is 5.82 Å². The Morgan fingerprint density at radius 2 is 1.95 bits per heavy atom. The molecule has 116 valence electrons. The number of nitrogens with zero attached hydrogens (tertiary/aromatic N) is 2. The van der Waals surface area contributed by atoms with Gasteiger partial charge in [-0.15, -0.1) is 0 Å². The molecule has 0 saturated carbocycles. The van der Waals surface area contributed by atoms with Crippen molar-refractivity contribution in [3.63, 3.8) is 0 Å². The predicted molar refractivity (Wildman–Crippen MR) is 86.1 cm³/mol. The van der Waals surface area contributed by atoms with Crippen molar-refractivity contribution in [1.29, 1.82) is 0 Å². The lowest BCUT2D eigenvalue weighted by Gasteiger charge is -2.30. The maximum Gasteiger partial charge on any atom is 0.330 e. The number of fused-ring (bicyclic) bond motifs is 1. The van der Waals surface area contributed by atoms with Gasteiger partial charge >= 0.3 is 5.69 Å². The summed E-state index contributed by atoms with van der Waals surface area (Å²) in [6.07, 6.45) is 1.03. The molecular weight excluding hydrogens is 280 g/mol. The SMILES string of the molecule is CCCN1CNc2c(c(=O)[nH]c(=O)n2Cc2ccccc2)C1. The van der Waals surface area contributed by atoms with E-state index in [1.54, 1.807) is 4.57 Å². The Morgan fingerprint density at radius 1 is 1.18 bits per heavy atom. The molecule has 2 aromatic rings. The van der Waals surface area contributed by atoms with Gasteiger partial charge in [0.05, 0.1) is 18.8 Å². The van der Waals surface area contributed by atoms with E-state index < -0.39 is 0 Å². The molecule has 22 heavy (non-hydrogen) atoms. The minimum Gasteiger partial charge on any atom is -0.358 e. The van der Waals surface area contributed by atoms with Gasteiger partial charge in [-0.1, -0.05) is 37.3 Å². The van der Waals surface area contributed by atoms with Crippen LogP contribution in [0.15, 0.2) is 39.9 Å². The van der Waals surface area contributed by atoms with Gasteiger partial charge in [-0.3, -0.25) is 19.2 Å². The van der Waals surface area contributed by atoms with Crippen LogP contribution >= 0.6 is 0 Å². The summed E-state index contributed by atoms with van der Waals surface area (Å²) in [7, 11) is 0. The summed E-state index contributed by atoms with van der Waals surface area (Å²) in [5, 5.41) is 3.24. The first-order valence-electron chi connectivity index (χ1n) is 7.55. The van der Waals surface area contributed by atoms with E-state index in [4.69, 9.17) is 0 Å². The van der Waals surface area contributed by atoms with E-state index in [0.717, 1.165) is 18.5 Å². The minimum atomic E-state index is -0.371. The summed E-state index contributed by atoms with van der Waals surface area (Å²) in [6, 6.07) is 9.76. The number of H-pyrrole nitrogens is 1. The highest BCUT2D eigenvalue weighted by atomic mass is 16.2. The monoisotopic (exact) mass is 300 g/mol. The van der Waals surface area contributed by atoms with E-state index in [-0.39, 0.29) is 11.2 Å². The van der Waals surface area contributed by atoms with Gasteiger partial charge in [-0.2, -0.15) is 0 Å². The number of anilines is 1. The van der Waals surface area contributed by atoms with E-state index in [9.17, 15) is 9.59 Å². The summed E-state index contributed by atoms with van der Waals surface area (Å²) in [5.74, 6) is 0.643. The smallest absolute Gasteiger partial charge is 0.330 e. The summed E-state index contributed by atoms with van der Waals surface area (Å²) in [4.78, 5) is 28.9. The molecule has 6 heteroatoms. The molecule has 0 unspecified atom stereocenters. The van der Waals surface area contributed by atoms with Crippen molar-refractivity contribution in [2.45, 2.75) is 26.4 Å². The van der Waals surface area contributed by atoms with E-state index in [1.807, 2.05) is 30.3 Å². The summed E-state index contributed by atoms with van der Waals surface area (Å²) >= 11 is 0. The first kappa shape index (κ1) is 14.6. The molecule has 0 saturated heterocycles. The second-order valence-electron chi connectivity index (χ2n) is 5.55. The summed E-state index contributed by atoms with van der Waals surface area (Å²) < 4.78 is 1.61. The summed E-state index contributed by atoms with van der Waals surface area (Å²) in [5.41, 5.74) is 0.994. The lowest BCUT2D eigenvalue weighted by Crippen LogP contribution is -2.43. The van der Waals surface area contributed by atoms with Gasteiger partial charge in [-0.05, 0) is 18.5 Å². The predicted octanol–water partition coefficient (Wildman–Crippen LogP) is 1.18. The number of aromatic nitrogens is 2. The Morgan fingerprint density at radius 3 is 2.68 bits per heavy atom. The van der Waals surface area contributed by atoms with Gasteiger partial charge in [0.25, 0.3) is 5.56 Å². The van der Waals surface area contributed by atoms with Crippen molar-refractivity contribution in [2.75, 3.05) is 18.5 Å². The van der Waals surface area contributed by atoms with Crippen LogP contribution in [0.3, 0.4) is 0 Å². The maximum absolute atomic E-state index is 12.2. The topological polar surface area (TPSA) is 70.1 Å². The third kappa shape index (κ3) is 2.82. The van der Waals surface area contributed by atoms with E-state index in [2.05, 4.69) is 22.1 Å². The summed E-state index contributed by atoms with van der Waals surface area (Å²) in [6.45, 7) is 4.69. The molecule has 0 bridgehead atoms. The molecule has 1 aromatic heterocycles. The molecule has 1 aliphatic rings. The van der Waals surface area contributed by atoms with Crippen LogP contribution in [0.1, 0.15) is 24.5 Å². The van der Waals surface area contributed by atoms with Crippen LogP contribution in [-0.4, -0.2) is 27.7 Å². The van der Waals surface area contributed by atoms with Crippen molar-refractivity contribution in [2.24, 2.45) is 0 Å². The quantitative estimate of drug-likeness (QED) is 0.889. The fourth-order valence-electron chi connectivity index (χ4n) is 2.82. The lowest BCUT2D eigenvalue weighted by molar-refractivity contribution is 0.272. The number of nitrogens with one attached hydrogen (secondary N) is 2. The molecule has 0 amide bonds. The van der Waals surface area contributed by atoms with Crippen molar-refractivity contribution < 1.29 is 0 Å². The largest absolute Gasteiger partial charge is 0.358 e. The molecular formula is C16H20N4O2. The Hall–Kier alpha value is -2.34. The minimum absolute atomic E-state index is 0.294. The molecule has 2 N–H and O–H groups in total. The second kappa shape index (κ2) is 6.19. The molecule has 1 aliphatic heterocycles. The maximum atomic E-state index is 12.2. The molecule has 0 aliphatic carbocycles. The molecule has 3 rings (SSSR count). The number of aromatic amines is 1. The van der Waals surface area contributed by atoms with Crippen molar-refractivity contribution in [3.8, 4) is 0 Å². The van der Waals surface area contributed by atoms with E-state index in [1.165, 1.54) is 0 Å². The highest BCUT2D eigenvalue weighted by molar-refractivity contribution is 5.46. The molecule has 1 aromatic carbocycles. The van der Waals surface area contributed by atoms with Crippen LogP contribution in [0.2, 0.25) is 0 Å². The van der Waals surface area contributed by atoms with Crippen LogP contribution in [0.25, 0.3) is 0 Å². The number of hydrogen-bond acceptors (Lipinski definition) is 4. The van der Waals surface area contributed by atoms with Crippen LogP contribution in [0.5, 0.6) is 0 Å². The van der Waals surface area contributed by atoms with E-state index in [0.29, 0.717) is 31.1 Å². The number of rotatable bonds is 4. The van der Waals surface area contributed by atoms with Crippen LogP contribution in [-0.2, 0) is 13.1 Å². The molecule has 0 radical (unpaired) electrons. The average Bonchev–Trinajstić information content (AvgIpc) is 2.53. The van der Waals surface area contributed by atoms with Gasteiger partial charge < -0.3 is 5.32 Å². The molecule has 0 atom stereocenters. The molecule has 0 spiro atoms. The number of hydrogen-bond donors (Lipinski definition) is 2. The fourth-order valence-corrected chi connectivity index (χ4v) is 2.82. The van der Waals surface area contributed by atoms with Gasteiger partial charge in [-0.25, -0.2) is 4.79 Å². The molecule has 2 heterocycles. The van der Waals surface area contributed by atoms with Crippen molar-refractivity contribution in [1.82, 2.24) is 14.5 Å². The zero-order chi connectivity index (χ0) is 15.5. The third-order valence-corrected chi connectivity index (χ3v) is 3.87. The van der Waals surface area contributed by atoms with Crippen LogP contribution in [0, 0.1) is 0 Å². The Balaban J connectivity index is 2.00. The Kier molecular flexibility index (Phi) is 4.11. The highest BCUT2D eigenvalue weighted by Crippen LogP contribution is 2.18. The Bertz CT molecular complexity index is 764. The third-order valence-electron chi connectivity index (χ3n) is 3.87. The molecule has 6 nitrogen and oxygen atoms in total. The first-order valence-corrected chi connectivity index (χ1v) is 7.55.